The van der Waals surface area contributed by atoms with Crippen LogP contribution in [0.3, 0.4) is 0 Å². The molecule has 0 saturated carbocycles. The summed E-state index contributed by atoms with van der Waals surface area (Å²) in [6, 6.07) is 3.72. The van der Waals surface area contributed by atoms with Crippen LogP contribution < -0.4 is 5.73 Å². The summed E-state index contributed by atoms with van der Waals surface area (Å²) in [5, 5.41) is 0. The number of nitrogens with two attached hydrogens (primary N) is 1. The summed E-state index contributed by atoms with van der Waals surface area (Å²) in [7, 11) is -0.762. The number of hydrogen-bond donors (Lipinski definition) is 1. The van der Waals surface area contributed by atoms with Crippen LogP contribution in [0.2, 0.25) is 0 Å². The maximum atomic E-state index is 11.0. The van der Waals surface area contributed by atoms with Crippen LogP contribution in [0.25, 0.3) is 11.2 Å². The van der Waals surface area contributed by atoms with Gasteiger partial charge >= 0.3 is 0 Å². The molecule has 1 atom stereocenters. The molecule has 2 heterocycles. The average Bonchev–Trinajstić information content (AvgIpc) is 2.55. The summed E-state index contributed by atoms with van der Waals surface area (Å²) in [5.74, 6) is 1.14. The first kappa shape index (κ1) is 11.1. The third-order valence-electron chi connectivity index (χ3n) is 2.35. The van der Waals surface area contributed by atoms with Gasteiger partial charge in [-0.2, -0.15) is 0 Å². The van der Waals surface area contributed by atoms with Gasteiger partial charge in [0.15, 0.2) is 5.65 Å². The first-order valence-electron chi connectivity index (χ1n) is 5.05. The lowest BCUT2D eigenvalue weighted by atomic mass is 10.4. The third-order valence-corrected chi connectivity index (χ3v) is 3.21. The van der Waals surface area contributed by atoms with Gasteiger partial charge in [-0.3, -0.25) is 8.78 Å². The Kier molecular flexibility index (Phi) is 3.19. The van der Waals surface area contributed by atoms with E-state index in [2.05, 4.69) is 9.97 Å². The lowest BCUT2D eigenvalue weighted by Gasteiger charge is -2.04. The van der Waals surface area contributed by atoms with Crippen molar-refractivity contribution in [2.75, 3.05) is 17.7 Å². The van der Waals surface area contributed by atoms with Crippen LogP contribution in [0, 0.1) is 0 Å². The molecule has 0 radical (unpaired) electrons. The molecule has 0 aliphatic carbocycles. The molecule has 5 nitrogen and oxygen atoms in total. The Balaban J connectivity index is 2.22. The van der Waals surface area contributed by atoms with Gasteiger partial charge in [0.2, 0.25) is 5.95 Å². The van der Waals surface area contributed by atoms with E-state index in [1.165, 1.54) is 0 Å². The number of nitrogens with zero attached hydrogens (tertiary/aromatic N) is 3. The zero-order valence-corrected chi connectivity index (χ0v) is 9.91. The zero-order valence-electron chi connectivity index (χ0n) is 9.09. The van der Waals surface area contributed by atoms with E-state index in [9.17, 15) is 4.21 Å². The van der Waals surface area contributed by atoms with Crippen LogP contribution >= 0.6 is 0 Å². The van der Waals surface area contributed by atoms with E-state index in [1.54, 1.807) is 12.5 Å². The number of nitrogen functional groups attached to an aromatic ring is 1. The predicted octanol–water partition coefficient (Wildman–Crippen LogP) is 0.782. The van der Waals surface area contributed by atoms with Crippen molar-refractivity contribution in [1.29, 1.82) is 0 Å². The van der Waals surface area contributed by atoms with Crippen molar-refractivity contribution in [3.05, 3.63) is 18.3 Å². The molecule has 0 aliphatic heterocycles. The fraction of sp³-hybridized carbons (Fsp3) is 0.400. The summed E-state index contributed by atoms with van der Waals surface area (Å²) >= 11 is 0. The van der Waals surface area contributed by atoms with Crippen LogP contribution in [0.1, 0.15) is 6.42 Å². The summed E-state index contributed by atoms with van der Waals surface area (Å²) in [6.45, 7) is 0.707. The lowest BCUT2D eigenvalue weighted by molar-refractivity contribution is 0.669. The molecule has 2 N–H and O–H groups in total. The highest BCUT2D eigenvalue weighted by molar-refractivity contribution is 7.84. The van der Waals surface area contributed by atoms with Gasteiger partial charge in [0.1, 0.15) is 5.52 Å². The number of pyridine rings is 1. The van der Waals surface area contributed by atoms with Gasteiger partial charge < -0.3 is 5.73 Å². The molecule has 0 aliphatic rings. The molecule has 1 unspecified atom stereocenters. The summed E-state index contributed by atoms with van der Waals surface area (Å²) in [6.07, 6.45) is 4.24. The van der Waals surface area contributed by atoms with Crippen molar-refractivity contribution in [3.63, 3.8) is 0 Å². The van der Waals surface area contributed by atoms with Crippen molar-refractivity contribution in [2.45, 2.75) is 13.0 Å². The molecule has 86 valence electrons. The Morgan fingerprint density at radius 1 is 1.56 bits per heavy atom. The standard InChI is InChI=1S/C10H14N4OS/c1-16(15)7-3-6-14-9-8(13-10(14)11)4-2-5-12-9/h2,4-5H,3,6-7H2,1H3,(H2,11,13). The van der Waals surface area contributed by atoms with E-state index in [0.29, 0.717) is 18.2 Å². The Bertz CT molecular complexity index is 523. The van der Waals surface area contributed by atoms with Crippen LogP contribution in [0.15, 0.2) is 18.3 Å². The second-order valence-electron chi connectivity index (χ2n) is 3.60. The van der Waals surface area contributed by atoms with Crippen molar-refractivity contribution in [2.24, 2.45) is 0 Å². The minimum atomic E-state index is -0.762. The number of fused-ring (bicyclic) bond motifs is 1. The van der Waals surface area contributed by atoms with E-state index in [0.717, 1.165) is 17.6 Å². The fourth-order valence-corrected chi connectivity index (χ4v) is 2.16. The predicted molar refractivity (Wildman–Crippen MR) is 65.5 cm³/mol. The van der Waals surface area contributed by atoms with E-state index in [4.69, 9.17) is 5.73 Å². The molecule has 0 fully saturated rings. The molecule has 16 heavy (non-hydrogen) atoms. The first-order valence-corrected chi connectivity index (χ1v) is 6.78. The van der Waals surface area contributed by atoms with E-state index in [-0.39, 0.29) is 0 Å². The van der Waals surface area contributed by atoms with Gasteiger partial charge in [-0.15, -0.1) is 0 Å². The highest BCUT2D eigenvalue weighted by atomic mass is 32.2. The van der Waals surface area contributed by atoms with Crippen molar-refractivity contribution in [1.82, 2.24) is 14.5 Å². The monoisotopic (exact) mass is 238 g/mol. The van der Waals surface area contributed by atoms with Crippen LogP contribution in [0.5, 0.6) is 0 Å². The fourth-order valence-electron chi connectivity index (χ4n) is 1.62. The van der Waals surface area contributed by atoms with Gasteiger partial charge in [0.05, 0.1) is 0 Å². The van der Waals surface area contributed by atoms with Gasteiger partial charge in [-0.25, -0.2) is 9.97 Å². The van der Waals surface area contributed by atoms with Crippen molar-refractivity contribution in [3.8, 4) is 0 Å². The number of imidazole rings is 1. The Morgan fingerprint density at radius 2 is 2.38 bits per heavy atom. The molecular formula is C10H14N4OS. The maximum Gasteiger partial charge on any atom is 0.202 e. The molecule has 2 rings (SSSR count). The molecule has 2 aromatic heterocycles. The molecule has 0 amide bonds. The second-order valence-corrected chi connectivity index (χ2v) is 5.15. The van der Waals surface area contributed by atoms with Crippen LogP contribution in [-0.4, -0.2) is 30.8 Å². The highest BCUT2D eigenvalue weighted by Gasteiger charge is 2.07. The zero-order chi connectivity index (χ0) is 11.5. The normalized spacial score (nSPS) is 13.1. The minimum absolute atomic E-state index is 0.468. The number of aryl methyl sites for hydroxylation is 1. The van der Waals surface area contributed by atoms with Crippen LogP contribution in [-0.2, 0) is 17.3 Å². The van der Waals surface area contributed by atoms with Gasteiger partial charge in [-0.05, 0) is 18.6 Å². The second kappa shape index (κ2) is 4.61. The topological polar surface area (TPSA) is 73.8 Å². The summed E-state index contributed by atoms with van der Waals surface area (Å²) in [4.78, 5) is 8.46. The quantitative estimate of drug-likeness (QED) is 0.854. The highest BCUT2D eigenvalue weighted by Crippen LogP contribution is 2.15. The number of anilines is 1. The maximum absolute atomic E-state index is 11.0. The van der Waals surface area contributed by atoms with Gasteiger partial charge in [-0.1, -0.05) is 0 Å². The summed E-state index contributed by atoms with van der Waals surface area (Å²) in [5.41, 5.74) is 7.40. The Hall–Kier alpha value is -1.43. The molecular weight excluding hydrogens is 224 g/mol. The van der Waals surface area contributed by atoms with Crippen molar-refractivity contribution >= 4 is 27.9 Å². The average molecular weight is 238 g/mol. The van der Waals surface area contributed by atoms with E-state index in [1.807, 2.05) is 16.7 Å². The number of aromatic nitrogens is 3. The van der Waals surface area contributed by atoms with E-state index < -0.39 is 10.8 Å². The molecule has 2 aromatic rings. The Morgan fingerprint density at radius 3 is 3.12 bits per heavy atom. The summed E-state index contributed by atoms with van der Waals surface area (Å²) < 4.78 is 12.8. The molecule has 6 heteroatoms. The molecule has 0 aromatic carbocycles. The van der Waals surface area contributed by atoms with Gasteiger partial charge in [0.25, 0.3) is 0 Å². The SMILES string of the molecule is CS(=O)CCCn1c(N)nc2cccnc21. The van der Waals surface area contributed by atoms with E-state index >= 15 is 0 Å². The van der Waals surface area contributed by atoms with Gasteiger partial charge in [0, 0.05) is 35.5 Å². The smallest absolute Gasteiger partial charge is 0.202 e. The molecule has 0 spiro atoms. The van der Waals surface area contributed by atoms with Crippen LogP contribution in [0.4, 0.5) is 5.95 Å². The molecule has 0 saturated heterocycles. The van der Waals surface area contributed by atoms with Crippen molar-refractivity contribution < 1.29 is 4.21 Å². The number of hydrogen-bond acceptors (Lipinski definition) is 4. The Labute approximate surface area is 96.1 Å². The largest absolute Gasteiger partial charge is 0.369 e. The third kappa shape index (κ3) is 2.21. The lowest BCUT2D eigenvalue weighted by Crippen LogP contribution is -2.07. The molecule has 0 bridgehead atoms. The number of rotatable bonds is 4. The minimum Gasteiger partial charge on any atom is -0.369 e. The first-order chi connectivity index (χ1) is 7.68.